The third-order valence-corrected chi connectivity index (χ3v) is 4.22. The summed E-state index contributed by atoms with van der Waals surface area (Å²) >= 11 is 6.35. The van der Waals surface area contributed by atoms with E-state index in [1.165, 1.54) is 0 Å². The Morgan fingerprint density at radius 2 is 1.69 bits per heavy atom. The minimum atomic E-state index is -0.232. The Labute approximate surface area is 160 Å². The van der Waals surface area contributed by atoms with Crippen molar-refractivity contribution < 1.29 is 14.3 Å². The molecule has 2 aromatic carbocycles. The smallest absolute Gasteiger partial charge is 0.255 e. The lowest BCUT2D eigenvalue weighted by Gasteiger charge is -2.16. The molecular formula is C21H26ClNO3. The molecule has 0 bridgehead atoms. The lowest BCUT2D eigenvalue weighted by Crippen LogP contribution is -2.14. The van der Waals surface area contributed by atoms with Gasteiger partial charge in [0.2, 0.25) is 0 Å². The number of benzene rings is 2. The van der Waals surface area contributed by atoms with E-state index in [4.69, 9.17) is 21.1 Å². The first-order chi connectivity index (χ1) is 12.4. The normalized spacial score (nSPS) is 10.5. The Kier molecular flexibility index (Phi) is 6.92. The van der Waals surface area contributed by atoms with Crippen molar-refractivity contribution in [3.8, 4) is 11.5 Å². The minimum Gasteiger partial charge on any atom is -0.490 e. The zero-order valence-corrected chi connectivity index (χ0v) is 16.8. The molecule has 1 N–H and O–H groups in total. The van der Waals surface area contributed by atoms with E-state index >= 15 is 0 Å². The zero-order chi connectivity index (χ0) is 19.3. The summed E-state index contributed by atoms with van der Waals surface area (Å²) in [4.78, 5) is 12.8. The molecule has 0 unspecified atom stereocenters. The van der Waals surface area contributed by atoms with Gasteiger partial charge >= 0.3 is 0 Å². The Morgan fingerprint density at radius 1 is 1.04 bits per heavy atom. The number of ether oxygens (including phenoxy) is 2. The molecule has 0 saturated heterocycles. The van der Waals surface area contributed by atoms with Crippen LogP contribution in [0.15, 0.2) is 24.3 Å². The monoisotopic (exact) mass is 375 g/mol. The van der Waals surface area contributed by atoms with Crippen LogP contribution in [0.1, 0.15) is 47.3 Å². The molecule has 5 heteroatoms. The maximum absolute atomic E-state index is 12.8. The van der Waals surface area contributed by atoms with E-state index in [9.17, 15) is 4.79 Å². The van der Waals surface area contributed by atoms with Crippen LogP contribution in [0.3, 0.4) is 0 Å². The van der Waals surface area contributed by atoms with Crippen molar-refractivity contribution >= 4 is 23.2 Å². The minimum absolute atomic E-state index is 0.232. The van der Waals surface area contributed by atoms with Gasteiger partial charge in [-0.2, -0.15) is 0 Å². The summed E-state index contributed by atoms with van der Waals surface area (Å²) in [6.07, 6.45) is 0.857. The molecule has 26 heavy (non-hydrogen) atoms. The van der Waals surface area contributed by atoms with E-state index in [1.54, 1.807) is 12.1 Å². The summed E-state index contributed by atoms with van der Waals surface area (Å²) in [5.41, 5.74) is 4.46. The highest BCUT2D eigenvalue weighted by Crippen LogP contribution is 2.37. The van der Waals surface area contributed by atoms with Crippen LogP contribution < -0.4 is 14.8 Å². The van der Waals surface area contributed by atoms with Gasteiger partial charge in [-0.3, -0.25) is 4.79 Å². The molecule has 0 spiro atoms. The summed E-state index contributed by atoms with van der Waals surface area (Å²) in [5.74, 6) is 0.732. The lowest BCUT2D eigenvalue weighted by atomic mass is 10.0. The SMILES string of the molecule is CCCOc1c(Cl)cc(C(=O)Nc2c(C)cc(C)cc2C)cc1OCC. The van der Waals surface area contributed by atoms with Gasteiger partial charge in [-0.15, -0.1) is 0 Å². The first-order valence-corrected chi connectivity index (χ1v) is 9.23. The quantitative estimate of drug-likeness (QED) is 0.674. The molecule has 0 saturated carbocycles. The molecular weight excluding hydrogens is 350 g/mol. The average molecular weight is 376 g/mol. The van der Waals surface area contributed by atoms with Crippen molar-refractivity contribution in [3.63, 3.8) is 0 Å². The molecule has 1 amide bonds. The molecule has 0 heterocycles. The topological polar surface area (TPSA) is 47.6 Å². The summed E-state index contributed by atoms with van der Waals surface area (Å²) in [6.45, 7) is 10.9. The van der Waals surface area contributed by atoms with Crippen molar-refractivity contribution in [2.45, 2.75) is 41.0 Å². The van der Waals surface area contributed by atoms with Gasteiger partial charge in [0.1, 0.15) is 0 Å². The van der Waals surface area contributed by atoms with Crippen LogP contribution in [-0.2, 0) is 0 Å². The Morgan fingerprint density at radius 3 is 2.27 bits per heavy atom. The highest BCUT2D eigenvalue weighted by molar-refractivity contribution is 6.32. The number of rotatable bonds is 7. The zero-order valence-electron chi connectivity index (χ0n) is 16.0. The van der Waals surface area contributed by atoms with Gasteiger partial charge in [-0.25, -0.2) is 0 Å². The number of aryl methyl sites for hydroxylation is 3. The van der Waals surface area contributed by atoms with Gasteiger partial charge in [0.25, 0.3) is 5.91 Å². The lowest BCUT2D eigenvalue weighted by molar-refractivity contribution is 0.102. The van der Waals surface area contributed by atoms with E-state index in [1.807, 2.05) is 46.8 Å². The fourth-order valence-corrected chi connectivity index (χ4v) is 3.13. The highest BCUT2D eigenvalue weighted by Gasteiger charge is 2.17. The fourth-order valence-electron chi connectivity index (χ4n) is 2.87. The first kappa shape index (κ1) is 20.1. The molecule has 0 aliphatic carbocycles. The number of anilines is 1. The number of carbonyl (C=O) groups excluding carboxylic acids is 1. The largest absolute Gasteiger partial charge is 0.490 e. The van der Waals surface area contributed by atoms with E-state index in [0.717, 1.165) is 28.8 Å². The number of halogens is 1. The first-order valence-electron chi connectivity index (χ1n) is 8.85. The number of amides is 1. The predicted octanol–water partition coefficient (Wildman–Crippen LogP) is 5.71. The maximum atomic E-state index is 12.8. The average Bonchev–Trinajstić information content (AvgIpc) is 2.57. The van der Waals surface area contributed by atoms with Crippen molar-refractivity contribution in [1.82, 2.24) is 0 Å². The van der Waals surface area contributed by atoms with Gasteiger partial charge < -0.3 is 14.8 Å². The third kappa shape index (κ3) is 4.70. The van der Waals surface area contributed by atoms with Gasteiger partial charge in [-0.1, -0.05) is 36.2 Å². The Bertz CT molecular complexity index is 779. The second-order valence-electron chi connectivity index (χ2n) is 6.29. The van der Waals surface area contributed by atoms with E-state index in [0.29, 0.717) is 35.3 Å². The Balaban J connectivity index is 2.34. The number of carbonyl (C=O) groups is 1. The highest BCUT2D eigenvalue weighted by atomic mass is 35.5. The second-order valence-corrected chi connectivity index (χ2v) is 6.70. The van der Waals surface area contributed by atoms with E-state index < -0.39 is 0 Å². The number of hydrogen-bond donors (Lipinski definition) is 1. The molecule has 0 aliphatic rings. The van der Waals surface area contributed by atoms with Crippen molar-refractivity contribution in [3.05, 3.63) is 51.5 Å². The molecule has 140 valence electrons. The van der Waals surface area contributed by atoms with Crippen molar-refractivity contribution in [2.75, 3.05) is 18.5 Å². The standard InChI is InChI=1S/C21H26ClNO3/c1-6-8-26-20-17(22)11-16(12-18(20)25-7-2)21(24)23-19-14(4)9-13(3)10-15(19)5/h9-12H,6-8H2,1-5H3,(H,23,24). The van der Waals surface area contributed by atoms with E-state index in [-0.39, 0.29) is 5.91 Å². The molecule has 0 fully saturated rings. The number of hydrogen-bond acceptors (Lipinski definition) is 3. The predicted molar refractivity (Wildman–Crippen MR) is 107 cm³/mol. The van der Waals surface area contributed by atoms with Gasteiger partial charge in [-0.05, 0) is 57.4 Å². The molecule has 2 rings (SSSR count). The van der Waals surface area contributed by atoms with Crippen LogP contribution in [0.25, 0.3) is 0 Å². The Hall–Kier alpha value is -2.20. The molecule has 4 nitrogen and oxygen atoms in total. The van der Waals surface area contributed by atoms with Gasteiger partial charge in [0, 0.05) is 11.3 Å². The third-order valence-electron chi connectivity index (χ3n) is 3.94. The summed E-state index contributed by atoms with van der Waals surface area (Å²) in [5, 5.41) is 3.35. The van der Waals surface area contributed by atoms with Crippen LogP contribution in [-0.4, -0.2) is 19.1 Å². The summed E-state index contributed by atoms with van der Waals surface area (Å²) in [7, 11) is 0. The van der Waals surface area contributed by atoms with Gasteiger partial charge in [0.15, 0.2) is 11.5 Å². The van der Waals surface area contributed by atoms with E-state index in [2.05, 4.69) is 5.32 Å². The number of nitrogens with one attached hydrogen (secondary N) is 1. The van der Waals surface area contributed by atoms with Crippen LogP contribution in [0.2, 0.25) is 5.02 Å². The van der Waals surface area contributed by atoms with Crippen molar-refractivity contribution in [1.29, 1.82) is 0 Å². The second kappa shape index (κ2) is 8.95. The van der Waals surface area contributed by atoms with Crippen LogP contribution in [0, 0.1) is 20.8 Å². The van der Waals surface area contributed by atoms with Crippen LogP contribution in [0.5, 0.6) is 11.5 Å². The summed E-state index contributed by atoms with van der Waals surface area (Å²) in [6, 6.07) is 7.38. The van der Waals surface area contributed by atoms with Crippen molar-refractivity contribution in [2.24, 2.45) is 0 Å². The summed E-state index contributed by atoms with van der Waals surface area (Å²) < 4.78 is 11.3. The van der Waals surface area contributed by atoms with Crippen LogP contribution >= 0.6 is 11.6 Å². The molecule has 0 radical (unpaired) electrons. The molecule has 0 aliphatic heterocycles. The molecule has 2 aromatic rings. The molecule has 0 atom stereocenters. The molecule has 0 aromatic heterocycles. The van der Waals surface area contributed by atoms with Crippen LogP contribution in [0.4, 0.5) is 5.69 Å². The van der Waals surface area contributed by atoms with Gasteiger partial charge in [0.05, 0.1) is 18.2 Å². The fraction of sp³-hybridized carbons (Fsp3) is 0.381. The maximum Gasteiger partial charge on any atom is 0.255 e.